The highest BCUT2D eigenvalue weighted by atomic mass is 16.4. The van der Waals surface area contributed by atoms with E-state index in [0.717, 1.165) is 28.1 Å². The third-order valence-electron chi connectivity index (χ3n) is 5.54. The fraction of sp³-hybridized carbons (Fsp3) is 0.160. The molecule has 0 spiro atoms. The molecule has 0 aliphatic heterocycles. The molecule has 2 aromatic carbocycles. The van der Waals surface area contributed by atoms with Gasteiger partial charge in [-0.15, -0.1) is 0 Å². The third-order valence-corrected chi connectivity index (χ3v) is 5.54. The second-order valence-electron chi connectivity index (χ2n) is 7.79. The van der Waals surface area contributed by atoms with E-state index in [-0.39, 0.29) is 5.56 Å². The molecule has 0 aliphatic rings. The molecule has 6 nitrogen and oxygen atoms in total. The van der Waals surface area contributed by atoms with Gasteiger partial charge in [-0.2, -0.15) is 5.10 Å². The lowest BCUT2D eigenvalue weighted by atomic mass is 10.1. The minimum absolute atomic E-state index is 0.117. The summed E-state index contributed by atoms with van der Waals surface area (Å²) in [4.78, 5) is 17.8. The normalized spacial score (nSPS) is 11.3. The Morgan fingerprint density at radius 2 is 1.74 bits per heavy atom. The van der Waals surface area contributed by atoms with Crippen molar-refractivity contribution < 1.29 is 4.42 Å². The molecular formula is C25H22N4O2. The van der Waals surface area contributed by atoms with Gasteiger partial charge in [0.1, 0.15) is 17.0 Å². The molecule has 0 N–H and O–H groups in total. The van der Waals surface area contributed by atoms with Gasteiger partial charge in [-0.3, -0.25) is 4.79 Å². The zero-order chi connectivity index (χ0) is 21.5. The maximum absolute atomic E-state index is 13.1. The summed E-state index contributed by atoms with van der Waals surface area (Å²) in [5.41, 5.74) is 6.14. The predicted octanol–water partition coefficient (Wildman–Crippen LogP) is 4.79. The molecular weight excluding hydrogens is 388 g/mol. The SMILES string of the molecule is Cc1ccc(-c2cc3c(=O)n(Cc4nc(-c5ccccc5C)oc4C)ccn3n2)cc1. The highest BCUT2D eigenvalue weighted by molar-refractivity contribution is 5.65. The Labute approximate surface area is 179 Å². The molecule has 3 heterocycles. The van der Waals surface area contributed by atoms with Gasteiger partial charge in [0.15, 0.2) is 0 Å². The maximum atomic E-state index is 13.1. The monoisotopic (exact) mass is 410 g/mol. The van der Waals surface area contributed by atoms with E-state index in [0.29, 0.717) is 23.7 Å². The second-order valence-corrected chi connectivity index (χ2v) is 7.79. The van der Waals surface area contributed by atoms with E-state index in [9.17, 15) is 4.79 Å². The number of nitrogens with zero attached hydrogens (tertiary/aromatic N) is 4. The van der Waals surface area contributed by atoms with Crippen molar-refractivity contribution in [3.05, 3.63) is 99.9 Å². The van der Waals surface area contributed by atoms with E-state index in [4.69, 9.17) is 4.42 Å². The van der Waals surface area contributed by atoms with Gasteiger partial charge in [-0.25, -0.2) is 9.50 Å². The molecule has 5 rings (SSSR count). The number of hydrogen-bond donors (Lipinski definition) is 0. The van der Waals surface area contributed by atoms with Crippen LogP contribution in [0.15, 0.2) is 76.2 Å². The first kappa shape index (κ1) is 19.1. The van der Waals surface area contributed by atoms with Crippen molar-refractivity contribution in [1.82, 2.24) is 19.2 Å². The van der Waals surface area contributed by atoms with E-state index in [1.165, 1.54) is 5.56 Å². The second kappa shape index (κ2) is 7.40. The number of aromatic nitrogens is 4. The van der Waals surface area contributed by atoms with Gasteiger partial charge in [0.05, 0.1) is 12.2 Å². The lowest BCUT2D eigenvalue weighted by Gasteiger charge is -2.04. The van der Waals surface area contributed by atoms with Crippen LogP contribution in [0.1, 0.15) is 22.6 Å². The number of oxazole rings is 1. The van der Waals surface area contributed by atoms with Gasteiger partial charge in [-0.05, 0) is 38.5 Å². The summed E-state index contributed by atoms with van der Waals surface area (Å²) in [7, 11) is 0. The molecule has 0 fully saturated rings. The van der Waals surface area contributed by atoms with Crippen molar-refractivity contribution in [1.29, 1.82) is 0 Å². The molecule has 0 bridgehead atoms. The van der Waals surface area contributed by atoms with Gasteiger partial charge in [0.2, 0.25) is 5.89 Å². The van der Waals surface area contributed by atoms with E-state index in [2.05, 4.69) is 10.1 Å². The highest BCUT2D eigenvalue weighted by Gasteiger charge is 2.15. The summed E-state index contributed by atoms with van der Waals surface area (Å²) < 4.78 is 9.18. The molecule has 0 radical (unpaired) electrons. The summed E-state index contributed by atoms with van der Waals surface area (Å²) in [6, 6.07) is 17.9. The van der Waals surface area contributed by atoms with Crippen molar-refractivity contribution in [3.8, 4) is 22.7 Å². The lowest BCUT2D eigenvalue weighted by molar-refractivity contribution is 0.537. The Kier molecular flexibility index (Phi) is 4.55. The summed E-state index contributed by atoms with van der Waals surface area (Å²) in [5, 5.41) is 4.56. The molecule has 154 valence electrons. The quantitative estimate of drug-likeness (QED) is 0.427. The Morgan fingerprint density at radius 3 is 2.52 bits per heavy atom. The highest BCUT2D eigenvalue weighted by Crippen LogP contribution is 2.25. The molecule has 0 saturated carbocycles. The molecule has 0 saturated heterocycles. The van der Waals surface area contributed by atoms with E-state index in [1.807, 2.05) is 75.4 Å². The summed E-state index contributed by atoms with van der Waals surface area (Å²) in [6.45, 7) is 6.28. The van der Waals surface area contributed by atoms with Crippen molar-refractivity contribution in [2.45, 2.75) is 27.3 Å². The van der Waals surface area contributed by atoms with Crippen LogP contribution >= 0.6 is 0 Å². The van der Waals surface area contributed by atoms with Gasteiger partial charge < -0.3 is 8.98 Å². The largest absolute Gasteiger partial charge is 0.441 e. The van der Waals surface area contributed by atoms with Gasteiger partial charge in [-0.1, -0.05) is 48.0 Å². The van der Waals surface area contributed by atoms with Crippen molar-refractivity contribution in [2.24, 2.45) is 0 Å². The summed E-state index contributed by atoms with van der Waals surface area (Å²) in [6.07, 6.45) is 3.54. The number of aryl methyl sites for hydroxylation is 3. The molecule has 0 unspecified atom stereocenters. The standard InChI is InChI=1S/C25H22N4O2/c1-16-8-10-19(11-9-16)21-14-23-25(30)28(12-13-29(23)27-21)15-22-18(3)31-24(26-22)20-7-5-4-6-17(20)2/h4-14H,15H2,1-3H3. The zero-order valence-corrected chi connectivity index (χ0v) is 17.7. The smallest absolute Gasteiger partial charge is 0.276 e. The molecule has 0 aliphatic carbocycles. The lowest BCUT2D eigenvalue weighted by Crippen LogP contribution is -2.22. The number of hydrogen-bond acceptors (Lipinski definition) is 4. The first-order valence-electron chi connectivity index (χ1n) is 10.2. The van der Waals surface area contributed by atoms with Crippen LogP contribution < -0.4 is 5.56 Å². The van der Waals surface area contributed by atoms with Crippen LogP contribution in [0.25, 0.3) is 28.2 Å². The van der Waals surface area contributed by atoms with E-state index in [1.54, 1.807) is 21.5 Å². The summed E-state index contributed by atoms with van der Waals surface area (Å²) in [5.74, 6) is 1.28. The van der Waals surface area contributed by atoms with E-state index < -0.39 is 0 Å². The Bertz CT molecular complexity index is 1460. The maximum Gasteiger partial charge on any atom is 0.276 e. The third kappa shape index (κ3) is 3.46. The number of rotatable bonds is 4. The van der Waals surface area contributed by atoms with Crippen LogP contribution in [0, 0.1) is 20.8 Å². The number of benzene rings is 2. The first-order chi connectivity index (χ1) is 15.0. The van der Waals surface area contributed by atoms with Crippen LogP contribution in [0.3, 0.4) is 0 Å². The molecule has 0 atom stereocenters. The van der Waals surface area contributed by atoms with Gasteiger partial charge in [0.25, 0.3) is 5.56 Å². The van der Waals surface area contributed by atoms with Crippen LogP contribution in [-0.4, -0.2) is 19.2 Å². The van der Waals surface area contributed by atoms with Gasteiger partial charge >= 0.3 is 0 Å². The van der Waals surface area contributed by atoms with Crippen molar-refractivity contribution in [3.63, 3.8) is 0 Å². The van der Waals surface area contributed by atoms with Crippen molar-refractivity contribution >= 4 is 5.52 Å². The average molecular weight is 410 g/mol. The van der Waals surface area contributed by atoms with Crippen LogP contribution in [-0.2, 0) is 6.54 Å². The van der Waals surface area contributed by atoms with Crippen molar-refractivity contribution in [2.75, 3.05) is 0 Å². The topological polar surface area (TPSA) is 65.3 Å². The Hall–Kier alpha value is -3.93. The zero-order valence-electron chi connectivity index (χ0n) is 17.7. The minimum atomic E-state index is -0.117. The van der Waals surface area contributed by atoms with Gasteiger partial charge in [0, 0.05) is 23.5 Å². The average Bonchev–Trinajstić information content (AvgIpc) is 3.35. The summed E-state index contributed by atoms with van der Waals surface area (Å²) >= 11 is 0. The molecule has 31 heavy (non-hydrogen) atoms. The molecule has 6 heteroatoms. The minimum Gasteiger partial charge on any atom is -0.441 e. The fourth-order valence-electron chi connectivity index (χ4n) is 3.68. The molecule has 0 amide bonds. The molecule has 5 aromatic rings. The van der Waals surface area contributed by atoms with Crippen LogP contribution in [0.4, 0.5) is 0 Å². The first-order valence-corrected chi connectivity index (χ1v) is 10.2. The predicted molar refractivity (Wildman–Crippen MR) is 120 cm³/mol. The molecule has 3 aromatic heterocycles. The van der Waals surface area contributed by atoms with E-state index >= 15 is 0 Å². The van der Waals surface area contributed by atoms with Crippen LogP contribution in [0.2, 0.25) is 0 Å². The Morgan fingerprint density at radius 1 is 0.968 bits per heavy atom. The fourth-order valence-corrected chi connectivity index (χ4v) is 3.68. The van der Waals surface area contributed by atoms with Crippen LogP contribution in [0.5, 0.6) is 0 Å². The number of fused-ring (bicyclic) bond motifs is 1. The Balaban J connectivity index is 1.50.